The van der Waals surface area contributed by atoms with Crippen LogP contribution in [-0.2, 0) is 9.47 Å². The molecule has 1 fully saturated rings. The highest BCUT2D eigenvalue weighted by atomic mass is 79.9. The summed E-state index contributed by atoms with van der Waals surface area (Å²) in [5.74, 6) is 0. The maximum absolute atomic E-state index is 13.1. The molecule has 0 spiro atoms. The second kappa shape index (κ2) is 5.75. The smallest absolute Gasteiger partial charge is 0.162 e. The van der Waals surface area contributed by atoms with Crippen LogP contribution in [0.5, 0.6) is 0 Å². The predicted molar refractivity (Wildman–Crippen MR) is 63.1 cm³/mol. The van der Waals surface area contributed by atoms with E-state index in [0.717, 1.165) is 5.56 Å². The van der Waals surface area contributed by atoms with Gasteiger partial charge in [0.2, 0.25) is 0 Å². The first kappa shape index (κ1) is 12.0. The molecule has 88 valence electrons. The molecule has 0 amide bonds. The van der Waals surface area contributed by atoms with Gasteiger partial charge in [-0.05, 0) is 5.56 Å². The Morgan fingerprint density at radius 2 is 2.12 bits per heavy atom. The molecule has 4 heteroatoms. The van der Waals surface area contributed by atoms with E-state index in [9.17, 15) is 4.39 Å². The monoisotopic (exact) mass is 288 g/mol. The Hall–Kier alpha value is -0.450. The molecular weight excluding hydrogens is 275 g/mol. The molecule has 0 aliphatic carbocycles. The van der Waals surface area contributed by atoms with Gasteiger partial charge in [-0.15, -0.1) is 0 Å². The Bertz CT molecular complexity index is 320. The van der Waals surface area contributed by atoms with Crippen LogP contribution < -0.4 is 0 Å². The molecule has 16 heavy (non-hydrogen) atoms. The first-order valence-corrected chi connectivity index (χ1v) is 6.27. The van der Waals surface area contributed by atoms with Gasteiger partial charge in [0.1, 0.15) is 11.2 Å². The second-order valence-corrected chi connectivity index (χ2v) is 4.62. The summed E-state index contributed by atoms with van der Waals surface area (Å²) in [5.41, 5.74) is 1.01. The lowest BCUT2D eigenvalue weighted by atomic mass is 10.1. The minimum Gasteiger partial charge on any atom is -0.352 e. The van der Waals surface area contributed by atoms with E-state index >= 15 is 0 Å². The SMILES string of the molecule is FC1CCOC(OC(Br)c2ccccc2)C1. The summed E-state index contributed by atoms with van der Waals surface area (Å²) in [6.45, 7) is 0.431. The first-order chi connectivity index (χ1) is 7.75. The number of halogens is 2. The molecule has 0 saturated carbocycles. The van der Waals surface area contributed by atoms with Gasteiger partial charge in [0.05, 0.1) is 6.61 Å². The number of hydrogen-bond acceptors (Lipinski definition) is 2. The normalized spacial score (nSPS) is 27.6. The lowest BCUT2D eigenvalue weighted by molar-refractivity contribution is -0.182. The van der Waals surface area contributed by atoms with Gasteiger partial charge < -0.3 is 9.47 Å². The van der Waals surface area contributed by atoms with Crippen molar-refractivity contribution in [2.75, 3.05) is 6.61 Å². The lowest BCUT2D eigenvalue weighted by Crippen LogP contribution is -2.29. The average molecular weight is 289 g/mol. The molecule has 1 aliphatic heterocycles. The summed E-state index contributed by atoms with van der Waals surface area (Å²) in [4.78, 5) is 0. The number of benzene rings is 1. The molecule has 1 aromatic carbocycles. The predicted octanol–water partition coefficient (Wildman–Crippen LogP) is 3.57. The third-order valence-electron chi connectivity index (χ3n) is 2.52. The number of rotatable bonds is 3. The third-order valence-corrected chi connectivity index (χ3v) is 3.26. The van der Waals surface area contributed by atoms with E-state index in [1.54, 1.807) is 0 Å². The van der Waals surface area contributed by atoms with Gasteiger partial charge in [0.15, 0.2) is 6.29 Å². The fourth-order valence-corrected chi connectivity index (χ4v) is 2.18. The standard InChI is InChI=1S/C12H14BrFO2/c13-12(9-4-2-1-3-5-9)16-11-8-10(14)6-7-15-11/h1-5,10-12H,6-8H2. The van der Waals surface area contributed by atoms with Gasteiger partial charge in [-0.2, -0.15) is 0 Å². The van der Waals surface area contributed by atoms with Crippen molar-refractivity contribution in [2.24, 2.45) is 0 Å². The van der Waals surface area contributed by atoms with E-state index in [0.29, 0.717) is 19.4 Å². The Morgan fingerprint density at radius 1 is 1.38 bits per heavy atom. The third kappa shape index (κ3) is 3.27. The molecule has 0 radical (unpaired) electrons. The van der Waals surface area contributed by atoms with Crippen LogP contribution in [0.15, 0.2) is 30.3 Å². The fourth-order valence-electron chi connectivity index (χ4n) is 1.63. The van der Waals surface area contributed by atoms with E-state index in [1.807, 2.05) is 30.3 Å². The zero-order chi connectivity index (χ0) is 11.4. The highest BCUT2D eigenvalue weighted by molar-refractivity contribution is 9.09. The van der Waals surface area contributed by atoms with Crippen LogP contribution in [0.25, 0.3) is 0 Å². The molecule has 3 atom stereocenters. The van der Waals surface area contributed by atoms with Crippen molar-refractivity contribution in [2.45, 2.75) is 30.3 Å². The summed E-state index contributed by atoms with van der Waals surface area (Å²) in [6, 6.07) is 9.72. The van der Waals surface area contributed by atoms with Gasteiger partial charge in [-0.25, -0.2) is 4.39 Å². The molecule has 1 aromatic rings. The van der Waals surface area contributed by atoms with Gasteiger partial charge in [0, 0.05) is 12.8 Å². The van der Waals surface area contributed by atoms with Crippen LogP contribution >= 0.6 is 15.9 Å². The van der Waals surface area contributed by atoms with Gasteiger partial charge in [-0.3, -0.25) is 0 Å². The molecule has 1 heterocycles. The van der Waals surface area contributed by atoms with Crippen molar-refractivity contribution in [1.82, 2.24) is 0 Å². The molecule has 3 unspecified atom stereocenters. The van der Waals surface area contributed by atoms with Crippen LogP contribution in [-0.4, -0.2) is 19.1 Å². The maximum Gasteiger partial charge on any atom is 0.162 e. The number of hydrogen-bond donors (Lipinski definition) is 0. The van der Waals surface area contributed by atoms with Crippen LogP contribution in [0.2, 0.25) is 0 Å². The zero-order valence-electron chi connectivity index (χ0n) is 8.81. The van der Waals surface area contributed by atoms with E-state index < -0.39 is 12.5 Å². The largest absolute Gasteiger partial charge is 0.352 e. The van der Waals surface area contributed by atoms with Crippen LogP contribution in [0, 0.1) is 0 Å². The molecule has 0 aromatic heterocycles. The van der Waals surface area contributed by atoms with Crippen LogP contribution in [0.1, 0.15) is 23.4 Å². The quantitative estimate of drug-likeness (QED) is 0.792. The van der Waals surface area contributed by atoms with Crippen molar-refractivity contribution in [1.29, 1.82) is 0 Å². The van der Waals surface area contributed by atoms with Gasteiger partial charge >= 0.3 is 0 Å². The molecule has 2 nitrogen and oxygen atoms in total. The summed E-state index contributed by atoms with van der Waals surface area (Å²) in [6.07, 6.45) is -0.477. The first-order valence-electron chi connectivity index (χ1n) is 5.36. The topological polar surface area (TPSA) is 18.5 Å². The Labute approximate surface area is 103 Å². The lowest BCUT2D eigenvalue weighted by Gasteiger charge is -2.27. The molecule has 1 saturated heterocycles. The summed E-state index contributed by atoms with van der Waals surface area (Å²) in [7, 11) is 0. The van der Waals surface area contributed by atoms with Crippen molar-refractivity contribution >= 4 is 15.9 Å². The summed E-state index contributed by atoms with van der Waals surface area (Å²) in [5, 5.41) is -0.246. The maximum atomic E-state index is 13.1. The Balaban J connectivity index is 1.89. The number of alkyl halides is 2. The van der Waals surface area contributed by atoms with E-state index in [2.05, 4.69) is 15.9 Å². The zero-order valence-corrected chi connectivity index (χ0v) is 10.4. The highest BCUT2D eigenvalue weighted by Crippen LogP contribution is 2.29. The minimum absolute atomic E-state index is 0.246. The second-order valence-electron chi connectivity index (χ2n) is 3.78. The van der Waals surface area contributed by atoms with Crippen LogP contribution in [0.4, 0.5) is 4.39 Å². The number of ether oxygens (including phenoxy) is 2. The van der Waals surface area contributed by atoms with E-state index in [4.69, 9.17) is 9.47 Å². The molecule has 0 N–H and O–H groups in total. The minimum atomic E-state index is -0.811. The molecular formula is C12H14BrFO2. The van der Waals surface area contributed by atoms with Crippen molar-refractivity contribution in [3.05, 3.63) is 35.9 Å². The summed E-state index contributed by atoms with van der Waals surface area (Å²) < 4.78 is 24.1. The average Bonchev–Trinajstić information content (AvgIpc) is 2.30. The molecule has 2 rings (SSSR count). The molecule has 1 aliphatic rings. The highest BCUT2D eigenvalue weighted by Gasteiger charge is 2.25. The summed E-state index contributed by atoms with van der Waals surface area (Å²) >= 11 is 3.42. The Kier molecular flexibility index (Phi) is 4.32. The van der Waals surface area contributed by atoms with Crippen molar-refractivity contribution < 1.29 is 13.9 Å². The molecule has 0 bridgehead atoms. The van der Waals surface area contributed by atoms with Gasteiger partial charge in [0.25, 0.3) is 0 Å². The van der Waals surface area contributed by atoms with E-state index in [1.165, 1.54) is 0 Å². The van der Waals surface area contributed by atoms with Crippen molar-refractivity contribution in [3.63, 3.8) is 0 Å². The van der Waals surface area contributed by atoms with Crippen LogP contribution in [0.3, 0.4) is 0 Å². The fraction of sp³-hybridized carbons (Fsp3) is 0.500. The Morgan fingerprint density at radius 3 is 2.81 bits per heavy atom. The van der Waals surface area contributed by atoms with Gasteiger partial charge in [-0.1, -0.05) is 46.3 Å². The van der Waals surface area contributed by atoms with Crippen molar-refractivity contribution in [3.8, 4) is 0 Å². The van der Waals surface area contributed by atoms with E-state index in [-0.39, 0.29) is 5.01 Å².